The molecule has 0 saturated carbocycles. The second kappa shape index (κ2) is 43.0. The molecule has 0 aliphatic heterocycles. The topological polar surface area (TPSA) is 325 Å². The van der Waals surface area contributed by atoms with Crippen LogP contribution < -0.4 is 23.7 Å². The maximum absolute atomic E-state index is 13.8. The molecule has 0 atom stereocenters. The number of carbonyl (C=O) groups is 5. The third kappa shape index (κ3) is 27.8. The van der Waals surface area contributed by atoms with Crippen molar-refractivity contribution < 1.29 is 56.4 Å². The molecule has 10 aromatic heterocycles. The van der Waals surface area contributed by atoms with Crippen LogP contribution in [0, 0.1) is 25.5 Å². The van der Waals surface area contributed by atoms with E-state index in [0.29, 0.717) is 107 Å². The average Bonchev–Trinajstić information content (AvgIpc) is 1.47. The van der Waals surface area contributed by atoms with E-state index in [1.807, 2.05) is 55.8 Å². The van der Waals surface area contributed by atoms with Crippen molar-refractivity contribution in [3.8, 4) is 57.5 Å². The van der Waals surface area contributed by atoms with Crippen LogP contribution in [-0.4, -0.2) is 104 Å². The van der Waals surface area contributed by atoms with Gasteiger partial charge in [0.15, 0.2) is 57.7 Å². The fourth-order valence-corrected chi connectivity index (χ4v) is 12.5. The highest BCUT2D eigenvalue weighted by atomic mass is 35.5. The molecule has 117 heavy (non-hydrogen) atoms. The van der Waals surface area contributed by atoms with Crippen molar-refractivity contribution in [1.29, 1.82) is 0 Å². The van der Waals surface area contributed by atoms with Gasteiger partial charge in [-0.1, -0.05) is 66.0 Å². The van der Waals surface area contributed by atoms with Gasteiger partial charge in [-0.15, -0.1) is 22.7 Å². The number of aryl methyl sites for hydroxylation is 3. The number of thiazole rings is 2. The summed E-state index contributed by atoms with van der Waals surface area (Å²) in [7, 11) is 0. The lowest BCUT2D eigenvalue weighted by Crippen LogP contribution is -2.06. The van der Waals surface area contributed by atoms with E-state index in [4.69, 9.17) is 58.5 Å². The van der Waals surface area contributed by atoms with E-state index in [1.165, 1.54) is 146 Å². The number of benzene rings is 5. The van der Waals surface area contributed by atoms with Gasteiger partial charge >= 0.3 is 0 Å². The van der Waals surface area contributed by atoms with E-state index in [9.17, 15) is 32.8 Å². The van der Waals surface area contributed by atoms with Crippen LogP contribution in [0.25, 0.3) is 0 Å². The molecule has 0 unspecified atom stereocenters. The monoisotopic (exact) mass is 1660 g/mol. The molecule has 0 aliphatic carbocycles. The van der Waals surface area contributed by atoms with Crippen LogP contribution >= 0.6 is 57.5 Å². The SMILES string of the molecule is CCc1csc(CC(=O)c2cc(Cl)cc(Oc3cncnc3)c2)n1.Cc1ccc(CC(=O)c2cc(F)cc(Oc3cncnc3)c2)nc1.Cc1cccc(CC(=O)c2cc(Cl)cc(Oc3cncnc3)c2)n1.O=C(Cc1cc(F)ccn1)c1cc(Cl)cc(Oc2cncnc2)c1.O=C(Cc1nccs1)c1cccc(Oc2cncnc2)c1. The highest BCUT2D eigenvalue weighted by Crippen LogP contribution is 2.31. The van der Waals surface area contributed by atoms with Gasteiger partial charge in [-0.05, 0) is 135 Å². The van der Waals surface area contributed by atoms with Gasteiger partial charge in [0.2, 0.25) is 0 Å². The summed E-state index contributed by atoms with van der Waals surface area (Å²) in [5.41, 5.74) is 6.72. The molecule has 15 aromatic rings. The van der Waals surface area contributed by atoms with E-state index >= 15 is 0 Å². The predicted molar refractivity (Wildman–Crippen MR) is 434 cm³/mol. The Morgan fingerprint density at radius 2 is 0.769 bits per heavy atom. The Hall–Kier alpha value is -13.7. The molecule has 0 spiro atoms. The zero-order valence-electron chi connectivity index (χ0n) is 62.1. The van der Waals surface area contributed by atoms with E-state index in [0.717, 1.165) is 39.1 Å². The summed E-state index contributed by atoms with van der Waals surface area (Å²) in [4.78, 5) is 122. The Balaban J connectivity index is 0.000000144. The predicted octanol–water partition coefficient (Wildman–Crippen LogP) is 19.0. The van der Waals surface area contributed by atoms with Gasteiger partial charge in [-0.3, -0.25) is 38.9 Å². The van der Waals surface area contributed by atoms with E-state index in [2.05, 4.69) is 74.8 Å². The first-order valence-corrected chi connectivity index (χ1v) is 38.0. The summed E-state index contributed by atoms with van der Waals surface area (Å²) in [5, 5.41) is 6.65. The molecule has 10 heterocycles. The van der Waals surface area contributed by atoms with Crippen molar-refractivity contribution in [1.82, 2.24) is 74.8 Å². The first-order valence-electron chi connectivity index (χ1n) is 35.1. The molecule has 0 radical (unpaired) electrons. The highest BCUT2D eigenvalue weighted by molar-refractivity contribution is 7.10. The van der Waals surface area contributed by atoms with Crippen molar-refractivity contribution in [3.05, 3.63) is 361 Å². The van der Waals surface area contributed by atoms with Crippen LogP contribution in [-0.2, 0) is 38.5 Å². The number of carbonyl (C=O) groups excluding carboxylic acids is 5. The molecule has 0 N–H and O–H groups in total. The number of nitrogens with zero attached hydrogens (tertiary/aromatic N) is 15. The second-order valence-electron chi connectivity index (χ2n) is 24.7. The minimum Gasteiger partial charge on any atom is -0.454 e. The highest BCUT2D eigenvalue weighted by Gasteiger charge is 2.19. The lowest BCUT2D eigenvalue weighted by molar-refractivity contribution is 0.0983. The average molecular weight is 1660 g/mol. The Labute approximate surface area is 691 Å². The Kier molecular flexibility index (Phi) is 30.9. The first-order chi connectivity index (χ1) is 56.7. The number of Topliss-reactive ketones (excluding diaryl/α,β-unsaturated/α-hetero) is 5. The number of aromatic nitrogens is 15. The summed E-state index contributed by atoms with van der Waals surface area (Å²) < 4.78 is 55.0. The first kappa shape index (κ1) is 84.2. The fourth-order valence-electron chi connectivity index (χ4n) is 10.3. The van der Waals surface area contributed by atoms with Gasteiger partial charge in [0.05, 0.1) is 105 Å². The van der Waals surface area contributed by atoms with Crippen LogP contribution in [0.2, 0.25) is 15.1 Å². The standard InChI is InChI=1S/C18H14ClN3O2.C18H14FN3O2.C17H11ClFN3O2.C17H14ClN3O2S.C15H11N3O2S/c1-12-3-2-4-15(22-12)8-18(23)13-5-14(19)7-16(6-13)24-17-9-20-11-21-10-17;1-12-2-3-15(22-8-12)7-18(23)13-4-14(19)6-16(5-13)24-17-9-20-11-21-10-17;18-12-3-11(17(23)7-14-6-13(19)1-2-22-14)4-15(5-12)24-16-8-20-10-21-9-16;1-2-13-9-24-17(21-13)6-16(22)11-3-12(18)5-14(4-11)23-15-7-19-10-20-8-15;19-14(7-15-18-4-5-21-15)11-2-1-3-12(6-11)20-13-8-16-10-17-9-13/h2-7,9-11H,8H2,1H3;2-6,8-11H,7H2,1H3;1-6,8-10H,7H2;3-5,7-10H,2,6H2,1H3;1-6,8-10H,7H2. The number of rotatable bonds is 26. The van der Waals surface area contributed by atoms with E-state index < -0.39 is 11.6 Å². The summed E-state index contributed by atoms with van der Waals surface area (Å²) in [6.45, 7) is 5.85. The Morgan fingerprint density at radius 3 is 1.21 bits per heavy atom. The van der Waals surface area contributed by atoms with Crippen LogP contribution in [0.3, 0.4) is 0 Å². The van der Waals surface area contributed by atoms with Crippen molar-refractivity contribution in [3.63, 3.8) is 0 Å². The van der Waals surface area contributed by atoms with Gasteiger partial charge in [0.25, 0.3) is 0 Å². The van der Waals surface area contributed by atoms with Crippen LogP contribution in [0.5, 0.6) is 57.5 Å². The van der Waals surface area contributed by atoms with E-state index in [-0.39, 0.29) is 65.9 Å². The minimum atomic E-state index is -0.551. The molecular weight excluding hydrogens is 1600 g/mol. The third-order valence-electron chi connectivity index (χ3n) is 15.6. The number of ketones is 5. The molecule has 0 amide bonds. The molecule has 0 bridgehead atoms. The molecule has 15 rings (SSSR count). The van der Waals surface area contributed by atoms with Crippen LogP contribution in [0.1, 0.15) is 103 Å². The van der Waals surface area contributed by atoms with Gasteiger partial charge in [0.1, 0.15) is 82.0 Å². The molecule has 0 fully saturated rings. The lowest BCUT2D eigenvalue weighted by atomic mass is 10.1. The third-order valence-corrected chi connectivity index (χ3v) is 17.9. The van der Waals surface area contributed by atoms with Gasteiger partial charge in [0, 0.05) is 95.4 Å². The summed E-state index contributed by atoms with van der Waals surface area (Å²) in [6, 6.07) is 37.1. The summed E-state index contributed by atoms with van der Waals surface area (Å²) in [6.07, 6.45) is 28.6. The summed E-state index contributed by atoms with van der Waals surface area (Å²) in [5.74, 6) is 2.77. The number of pyridine rings is 3. The Morgan fingerprint density at radius 1 is 0.342 bits per heavy atom. The van der Waals surface area contributed by atoms with Gasteiger partial charge < -0.3 is 23.7 Å². The molecular formula is C85H64Cl3F2N15O10S2. The van der Waals surface area contributed by atoms with Crippen molar-refractivity contribution in [2.45, 2.75) is 59.3 Å². The van der Waals surface area contributed by atoms with Gasteiger partial charge in [-0.25, -0.2) is 68.6 Å². The second-order valence-corrected chi connectivity index (χ2v) is 27.9. The summed E-state index contributed by atoms with van der Waals surface area (Å²) >= 11 is 21.2. The molecule has 0 saturated heterocycles. The van der Waals surface area contributed by atoms with Crippen LogP contribution in [0.15, 0.2) is 262 Å². The molecule has 32 heteroatoms. The Bertz CT molecular complexity index is 5690. The number of halogens is 5. The van der Waals surface area contributed by atoms with Gasteiger partial charge in [-0.2, -0.15) is 0 Å². The zero-order chi connectivity index (χ0) is 82.3. The van der Waals surface area contributed by atoms with Crippen LogP contribution in [0.4, 0.5) is 8.78 Å². The number of hydrogen-bond acceptors (Lipinski definition) is 27. The number of hydrogen-bond donors (Lipinski definition) is 0. The lowest BCUT2D eigenvalue weighted by Gasteiger charge is -2.08. The molecule has 586 valence electrons. The molecule has 0 aliphatic rings. The minimum absolute atomic E-state index is 0.0136. The zero-order valence-corrected chi connectivity index (χ0v) is 66.0. The maximum Gasteiger partial charge on any atom is 0.169 e. The van der Waals surface area contributed by atoms with Crippen molar-refractivity contribution in [2.75, 3.05) is 0 Å². The fraction of sp³-hybridized carbons (Fsp3) is 0.106. The number of ether oxygens (including phenoxy) is 5. The van der Waals surface area contributed by atoms with E-state index in [1.54, 1.807) is 104 Å². The quantitative estimate of drug-likeness (QED) is 0.0455. The normalized spacial score (nSPS) is 10.4. The maximum atomic E-state index is 13.8. The van der Waals surface area contributed by atoms with Crippen molar-refractivity contribution in [2.24, 2.45) is 0 Å². The molecule has 5 aromatic carbocycles. The largest absolute Gasteiger partial charge is 0.454 e. The molecule has 25 nitrogen and oxygen atoms in total. The van der Waals surface area contributed by atoms with Crippen molar-refractivity contribution >= 4 is 86.4 Å². The smallest absolute Gasteiger partial charge is 0.169 e.